The molecule has 5 nitrogen and oxygen atoms in total. The summed E-state index contributed by atoms with van der Waals surface area (Å²) in [6, 6.07) is 0. The molecule has 3 atom stereocenters. The summed E-state index contributed by atoms with van der Waals surface area (Å²) in [5.74, 6) is -5.35. The van der Waals surface area contributed by atoms with E-state index in [1.165, 1.54) is 0 Å². The van der Waals surface area contributed by atoms with Crippen molar-refractivity contribution >= 4 is 11.9 Å². The lowest BCUT2D eigenvalue weighted by Crippen LogP contribution is -2.39. The number of ether oxygens (including phenoxy) is 1. The number of halogens is 2. The number of esters is 1. The Morgan fingerprint density at radius 3 is 2.55 bits per heavy atom. The molecule has 0 radical (unpaired) electrons. The van der Waals surface area contributed by atoms with Crippen molar-refractivity contribution in [1.29, 1.82) is 0 Å². The van der Waals surface area contributed by atoms with Crippen molar-refractivity contribution in [2.75, 3.05) is 19.7 Å². The van der Waals surface area contributed by atoms with Crippen LogP contribution in [0.2, 0.25) is 0 Å². The average Bonchev–Trinajstić information content (AvgIpc) is 2.92. The third kappa shape index (κ3) is 3.08. The van der Waals surface area contributed by atoms with Crippen molar-refractivity contribution in [2.24, 2.45) is 11.8 Å². The van der Waals surface area contributed by atoms with E-state index < -0.39 is 42.3 Å². The standard InChI is InChI=1S/C13H19F2NO4/c1-2-20-12(19)10-6-8(17)5-9(10)11(18)16-4-3-13(14,15)7-16/h8-10,17H,2-7H2,1H3. The highest BCUT2D eigenvalue weighted by atomic mass is 19.3. The number of hydrogen-bond acceptors (Lipinski definition) is 4. The Morgan fingerprint density at radius 2 is 2.00 bits per heavy atom. The Balaban J connectivity index is 2.05. The quantitative estimate of drug-likeness (QED) is 0.781. The molecule has 1 saturated heterocycles. The first kappa shape index (κ1) is 15.2. The van der Waals surface area contributed by atoms with E-state index in [-0.39, 0.29) is 32.4 Å². The van der Waals surface area contributed by atoms with Crippen LogP contribution in [0.3, 0.4) is 0 Å². The number of amides is 1. The summed E-state index contributed by atoms with van der Waals surface area (Å²) < 4.78 is 31.2. The summed E-state index contributed by atoms with van der Waals surface area (Å²) in [7, 11) is 0. The zero-order valence-electron chi connectivity index (χ0n) is 11.3. The van der Waals surface area contributed by atoms with Gasteiger partial charge < -0.3 is 14.7 Å². The van der Waals surface area contributed by atoms with E-state index in [9.17, 15) is 23.5 Å². The molecule has 1 aliphatic heterocycles. The lowest BCUT2D eigenvalue weighted by molar-refractivity contribution is -0.153. The van der Waals surface area contributed by atoms with Gasteiger partial charge in [0.2, 0.25) is 5.91 Å². The first-order chi connectivity index (χ1) is 9.34. The Labute approximate surface area is 115 Å². The number of nitrogens with zero attached hydrogens (tertiary/aromatic N) is 1. The molecule has 1 saturated carbocycles. The molecule has 1 N–H and O–H groups in total. The molecule has 2 aliphatic rings. The average molecular weight is 291 g/mol. The summed E-state index contributed by atoms with van der Waals surface area (Å²) in [6.45, 7) is 1.23. The molecular formula is C13H19F2NO4. The maximum Gasteiger partial charge on any atom is 0.309 e. The lowest BCUT2D eigenvalue weighted by Gasteiger charge is -2.23. The molecule has 0 aromatic carbocycles. The number of rotatable bonds is 3. The van der Waals surface area contributed by atoms with Crippen LogP contribution in [0.4, 0.5) is 8.78 Å². The van der Waals surface area contributed by atoms with Gasteiger partial charge in [-0.3, -0.25) is 9.59 Å². The van der Waals surface area contributed by atoms with Gasteiger partial charge in [0.05, 0.1) is 31.1 Å². The number of alkyl halides is 2. The normalized spacial score (nSPS) is 32.4. The summed E-state index contributed by atoms with van der Waals surface area (Å²) in [4.78, 5) is 25.2. The third-order valence-corrected chi connectivity index (χ3v) is 3.93. The van der Waals surface area contributed by atoms with Gasteiger partial charge >= 0.3 is 5.97 Å². The molecule has 3 unspecified atom stereocenters. The largest absolute Gasteiger partial charge is 0.466 e. The van der Waals surface area contributed by atoms with E-state index in [1.54, 1.807) is 6.92 Å². The monoisotopic (exact) mass is 291 g/mol. The lowest BCUT2D eigenvalue weighted by atomic mass is 9.95. The zero-order chi connectivity index (χ0) is 14.9. The summed E-state index contributed by atoms with van der Waals surface area (Å²) in [6.07, 6.45) is -0.830. The molecule has 1 amide bonds. The fourth-order valence-corrected chi connectivity index (χ4v) is 2.95. The molecule has 2 rings (SSSR count). The van der Waals surface area contributed by atoms with Crippen LogP contribution < -0.4 is 0 Å². The smallest absolute Gasteiger partial charge is 0.309 e. The number of carbonyl (C=O) groups excluding carboxylic acids is 2. The summed E-state index contributed by atoms with van der Waals surface area (Å²) in [5.41, 5.74) is 0. The van der Waals surface area contributed by atoms with Crippen LogP contribution >= 0.6 is 0 Å². The molecule has 114 valence electrons. The first-order valence-electron chi connectivity index (χ1n) is 6.85. The van der Waals surface area contributed by atoms with Gasteiger partial charge in [0.1, 0.15) is 0 Å². The predicted molar refractivity (Wildman–Crippen MR) is 65.0 cm³/mol. The van der Waals surface area contributed by atoms with Crippen molar-refractivity contribution in [2.45, 2.75) is 38.2 Å². The van der Waals surface area contributed by atoms with E-state index >= 15 is 0 Å². The zero-order valence-corrected chi connectivity index (χ0v) is 11.3. The second-order valence-corrected chi connectivity index (χ2v) is 5.46. The second-order valence-electron chi connectivity index (χ2n) is 5.46. The van der Waals surface area contributed by atoms with Crippen LogP contribution in [-0.2, 0) is 14.3 Å². The topological polar surface area (TPSA) is 66.8 Å². The van der Waals surface area contributed by atoms with Crippen LogP contribution in [-0.4, -0.2) is 53.6 Å². The molecule has 20 heavy (non-hydrogen) atoms. The van der Waals surface area contributed by atoms with Crippen molar-refractivity contribution in [3.05, 3.63) is 0 Å². The Hall–Kier alpha value is -1.24. The summed E-state index contributed by atoms with van der Waals surface area (Å²) >= 11 is 0. The van der Waals surface area contributed by atoms with Crippen LogP contribution in [0.15, 0.2) is 0 Å². The van der Waals surface area contributed by atoms with Crippen LogP contribution in [0.1, 0.15) is 26.2 Å². The number of hydrogen-bond donors (Lipinski definition) is 1. The van der Waals surface area contributed by atoms with Gasteiger partial charge in [-0.05, 0) is 19.8 Å². The van der Waals surface area contributed by atoms with Gasteiger partial charge in [0.25, 0.3) is 5.92 Å². The van der Waals surface area contributed by atoms with Crippen LogP contribution in [0, 0.1) is 11.8 Å². The Kier molecular flexibility index (Phi) is 4.27. The predicted octanol–water partition coefficient (Wildman–Crippen LogP) is 0.804. The van der Waals surface area contributed by atoms with E-state index in [1.807, 2.05) is 0 Å². The molecule has 0 bridgehead atoms. The van der Waals surface area contributed by atoms with Gasteiger partial charge in [0.15, 0.2) is 0 Å². The Bertz CT molecular complexity index is 402. The van der Waals surface area contributed by atoms with E-state index in [0.29, 0.717) is 0 Å². The molecular weight excluding hydrogens is 272 g/mol. The number of aliphatic hydroxyl groups is 1. The fraction of sp³-hybridized carbons (Fsp3) is 0.846. The van der Waals surface area contributed by atoms with Crippen molar-refractivity contribution in [1.82, 2.24) is 4.90 Å². The van der Waals surface area contributed by atoms with Gasteiger partial charge in [-0.25, -0.2) is 8.78 Å². The highest BCUT2D eigenvalue weighted by molar-refractivity contribution is 5.86. The van der Waals surface area contributed by atoms with Gasteiger partial charge in [-0.15, -0.1) is 0 Å². The van der Waals surface area contributed by atoms with Crippen molar-refractivity contribution < 1.29 is 28.2 Å². The highest BCUT2D eigenvalue weighted by Crippen LogP contribution is 2.36. The SMILES string of the molecule is CCOC(=O)C1CC(O)CC1C(=O)N1CCC(F)(F)C1. The van der Waals surface area contributed by atoms with Crippen molar-refractivity contribution in [3.63, 3.8) is 0 Å². The van der Waals surface area contributed by atoms with Crippen molar-refractivity contribution in [3.8, 4) is 0 Å². The minimum atomic E-state index is -2.85. The van der Waals surface area contributed by atoms with Gasteiger partial charge in [-0.1, -0.05) is 0 Å². The maximum absolute atomic E-state index is 13.2. The van der Waals surface area contributed by atoms with E-state index in [4.69, 9.17) is 4.74 Å². The number of carbonyl (C=O) groups is 2. The van der Waals surface area contributed by atoms with Crippen LogP contribution in [0.5, 0.6) is 0 Å². The fourth-order valence-electron chi connectivity index (χ4n) is 2.95. The summed E-state index contributed by atoms with van der Waals surface area (Å²) in [5, 5.41) is 9.65. The molecule has 0 spiro atoms. The first-order valence-corrected chi connectivity index (χ1v) is 6.85. The highest BCUT2D eigenvalue weighted by Gasteiger charge is 2.48. The van der Waals surface area contributed by atoms with Crippen LogP contribution in [0.25, 0.3) is 0 Å². The number of likely N-dealkylation sites (tertiary alicyclic amines) is 1. The van der Waals surface area contributed by atoms with E-state index in [2.05, 4.69) is 0 Å². The molecule has 0 aromatic rings. The Morgan fingerprint density at radius 1 is 1.35 bits per heavy atom. The molecule has 0 aromatic heterocycles. The van der Waals surface area contributed by atoms with Gasteiger partial charge in [-0.2, -0.15) is 0 Å². The maximum atomic E-state index is 13.2. The molecule has 2 fully saturated rings. The minimum absolute atomic E-state index is 0.00598. The van der Waals surface area contributed by atoms with E-state index in [0.717, 1.165) is 4.90 Å². The second kappa shape index (κ2) is 5.63. The number of aliphatic hydroxyl groups excluding tert-OH is 1. The third-order valence-electron chi connectivity index (χ3n) is 3.93. The minimum Gasteiger partial charge on any atom is -0.466 e. The van der Waals surface area contributed by atoms with Gasteiger partial charge in [0, 0.05) is 13.0 Å². The molecule has 1 aliphatic carbocycles. The molecule has 7 heteroatoms. The molecule has 1 heterocycles.